The van der Waals surface area contributed by atoms with Gasteiger partial charge in [0.2, 0.25) is 0 Å². The molecule has 0 aliphatic rings. The van der Waals surface area contributed by atoms with Crippen molar-refractivity contribution in [1.82, 2.24) is 24.2 Å². The van der Waals surface area contributed by atoms with Gasteiger partial charge in [-0.15, -0.1) is 0 Å². The number of anilines is 1. The highest BCUT2D eigenvalue weighted by atomic mass is 15.3. The average molecular weight is 290 g/mol. The van der Waals surface area contributed by atoms with Gasteiger partial charge in [-0.3, -0.25) is 4.68 Å². The van der Waals surface area contributed by atoms with Crippen LogP contribution < -0.4 is 5.32 Å². The van der Waals surface area contributed by atoms with E-state index in [4.69, 9.17) is 0 Å². The van der Waals surface area contributed by atoms with Crippen molar-refractivity contribution in [1.29, 1.82) is 0 Å². The molecule has 2 aromatic heterocycles. The maximum atomic E-state index is 4.41. The van der Waals surface area contributed by atoms with Crippen molar-refractivity contribution >= 4 is 5.69 Å². The number of nitrogens with zero attached hydrogens (tertiary/aromatic N) is 5. The maximum Gasteiger partial charge on any atom is 0.130 e. The molecule has 0 aromatic carbocycles. The number of rotatable bonds is 8. The third-order valence-corrected chi connectivity index (χ3v) is 3.80. The molecule has 2 rings (SSSR count). The van der Waals surface area contributed by atoms with Crippen molar-refractivity contribution in [2.24, 2.45) is 7.05 Å². The Bertz CT molecular complexity index is 540. The van der Waals surface area contributed by atoms with Gasteiger partial charge in [0.25, 0.3) is 0 Å². The first-order valence-electron chi connectivity index (χ1n) is 7.62. The first kappa shape index (κ1) is 15.6. The molecule has 0 saturated heterocycles. The largest absolute Gasteiger partial charge is 0.373 e. The summed E-state index contributed by atoms with van der Waals surface area (Å²) in [6.45, 7) is 10.6. The quantitative estimate of drug-likeness (QED) is 0.809. The molecule has 6 heteroatoms. The van der Waals surface area contributed by atoms with E-state index in [1.807, 2.05) is 34.9 Å². The van der Waals surface area contributed by atoms with Gasteiger partial charge in [-0.2, -0.15) is 5.10 Å². The van der Waals surface area contributed by atoms with E-state index in [9.17, 15) is 0 Å². The molecule has 1 N–H and O–H groups in total. The fraction of sp³-hybridized carbons (Fsp3) is 0.600. The minimum Gasteiger partial charge on any atom is -0.373 e. The van der Waals surface area contributed by atoms with Gasteiger partial charge in [-0.05, 0) is 20.0 Å². The standard InChI is InChI=1S/C15H26N6/c1-5-20(6-2)9-10-21-12-14(11-17-21)18-13(3)15-16-7-8-19(15)4/h7-8,11-13,18H,5-6,9-10H2,1-4H3. The lowest BCUT2D eigenvalue weighted by Crippen LogP contribution is -2.27. The van der Waals surface area contributed by atoms with Gasteiger partial charge in [-0.1, -0.05) is 13.8 Å². The van der Waals surface area contributed by atoms with Crippen molar-refractivity contribution in [3.05, 3.63) is 30.6 Å². The molecular formula is C15H26N6. The smallest absolute Gasteiger partial charge is 0.130 e. The van der Waals surface area contributed by atoms with E-state index in [1.165, 1.54) is 0 Å². The molecule has 1 atom stereocenters. The van der Waals surface area contributed by atoms with Crippen molar-refractivity contribution in [3.8, 4) is 0 Å². The van der Waals surface area contributed by atoms with Crippen LogP contribution in [0.25, 0.3) is 0 Å². The lowest BCUT2D eigenvalue weighted by atomic mass is 10.3. The highest BCUT2D eigenvalue weighted by Gasteiger charge is 2.11. The van der Waals surface area contributed by atoms with Gasteiger partial charge < -0.3 is 14.8 Å². The van der Waals surface area contributed by atoms with Crippen LogP contribution in [-0.4, -0.2) is 43.9 Å². The molecule has 1 unspecified atom stereocenters. The second-order valence-corrected chi connectivity index (χ2v) is 5.28. The van der Waals surface area contributed by atoms with Crippen LogP contribution in [0, 0.1) is 0 Å². The number of aromatic nitrogens is 4. The summed E-state index contributed by atoms with van der Waals surface area (Å²) in [7, 11) is 2.01. The zero-order valence-electron chi connectivity index (χ0n) is 13.5. The first-order valence-corrected chi connectivity index (χ1v) is 7.62. The number of imidazole rings is 1. The Morgan fingerprint density at radius 3 is 2.71 bits per heavy atom. The third-order valence-electron chi connectivity index (χ3n) is 3.80. The van der Waals surface area contributed by atoms with Crippen molar-refractivity contribution in [3.63, 3.8) is 0 Å². The SMILES string of the molecule is CCN(CC)CCn1cc(NC(C)c2nccn2C)cn1. The predicted octanol–water partition coefficient (Wildman–Crippen LogP) is 2.13. The van der Waals surface area contributed by atoms with Gasteiger partial charge in [0.15, 0.2) is 0 Å². The normalized spacial score (nSPS) is 12.8. The molecule has 0 radical (unpaired) electrons. The molecule has 0 spiro atoms. The molecule has 0 saturated carbocycles. The highest BCUT2D eigenvalue weighted by molar-refractivity contribution is 5.40. The molecular weight excluding hydrogens is 264 g/mol. The van der Waals surface area contributed by atoms with E-state index in [0.29, 0.717) is 0 Å². The summed E-state index contributed by atoms with van der Waals surface area (Å²) in [4.78, 5) is 6.76. The van der Waals surface area contributed by atoms with Crippen molar-refractivity contribution < 1.29 is 0 Å². The number of hydrogen-bond acceptors (Lipinski definition) is 4. The zero-order valence-corrected chi connectivity index (χ0v) is 13.5. The highest BCUT2D eigenvalue weighted by Crippen LogP contribution is 2.16. The van der Waals surface area contributed by atoms with Gasteiger partial charge in [0, 0.05) is 32.2 Å². The third kappa shape index (κ3) is 4.07. The summed E-state index contributed by atoms with van der Waals surface area (Å²) in [5.74, 6) is 1.02. The Kier molecular flexibility index (Phi) is 5.38. The number of aryl methyl sites for hydroxylation is 1. The molecule has 2 aromatic rings. The van der Waals surface area contributed by atoms with Crippen molar-refractivity contribution in [2.45, 2.75) is 33.4 Å². The van der Waals surface area contributed by atoms with Crippen LogP contribution in [0.4, 0.5) is 5.69 Å². The summed E-state index contributed by atoms with van der Waals surface area (Å²) in [6, 6.07) is 0.158. The molecule has 0 amide bonds. The summed E-state index contributed by atoms with van der Waals surface area (Å²) >= 11 is 0. The lowest BCUT2D eigenvalue weighted by Gasteiger charge is -2.17. The van der Waals surface area contributed by atoms with Crippen LogP contribution in [-0.2, 0) is 13.6 Å². The molecule has 0 aliphatic heterocycles. The molecule has 0 fully saturated rings. The van der Waals surface area contributed by atoms with E-state index in [0.717, 1.165) is 37.7 Å². The van der Waals surface area contributed by atoms with Crippen LogP contribution >= 0.6 is 0 Å². The van der Waals surface area contributed by atoms with Crippen LogP contribution in [0.3, 0.4) is 0 Å². The lowest BCUT2D eigenvalue weighted by molar-refractivity contribution is 0.285. The summed E-state index contributed by atoms with van der Waals surface area (Å²) in [5.41, 5.74) is 1.03. The zero-order chi connectivity index (χ0) is 15.2. The predicted molar refractivity (Wildman–Crippen MR) is 85.3 cm³/mol. The molecule has 0 bridgehead atoms. The van der Waals surface area contributed by atoms with Crippen LogP contribution in [0.2, 0.25) is 0 Å². The van der Waals surface area contributed by atoms with Crippen molar-refractivity contribution in [2.75, 3.05) is 25.0 Å². The van der Waals surface area contributed by atoms with Gasteiger partial charge in [0.1, 0.15) is 5.82 Å². The Balaban J connectivity index is 1.89. The average Bonchev–Trinajstić information content (AvgIpc) is 3.09. The molecule has 6 nitrogen and oxygen atoms in total. The topological polar surface area (TPSA) is 50.9 Å². The Labute approximate surface area is 126 Å². The van der Waals surface area contributed by atoms with E-state index in [1.54, 1.807) is 0 Å². The maximum absolute atomic E-state index is 4.41. The number of hydrogen-bond donors (Lipinski definition) is 1. The molecule has 2 heterocycles. The Morgan fingerprint density at radius 2 is 2.10 bits per heavy atom. The molecule has 116 valence electrons. The minimum absolute atomic E-state index is 0.158. The second-order valence-electron chi connectivity index (χ2n) is 5.28. The second kappa shape index (κ2) is 7.26. The van der Waals surface area contributed by atoms with Crippen LogP contribution in [0.1, 0.15) is 32.6 Å². The summed E-state index contributed by atoms with van der Waals surface area (Å²) in [6.07, 6.45) is 7.71. The fourth-order valence-electron chi connectivity index (χ4n) is 2.45. The molecule has 21 heavy (non-hydrogen) atoms. The Morgan fingerprint density at radius 1 is 1.33 bits per heavy atom. The van der Waals surface area contributed by atoms with Crippen LogP contribution in [0.5, 0.6) is 0 Å². The van der Waals surface area contributed by atoms with E-state index >= 15 is 0 Å². The summed E-state index contributed by atoms with van der Waals surface area (Å²) < 4.78 is 4.02. The summed E-state index contributed by atoms with van der Waals surface area (Å²) in [5, 5.41) is 7.85. The van der Waals surface area contributed by atoms with Gasteiger partial charge in [0.05, 0.1) is 24.5 Å². The van der Waals surface area contributed by atoms with E-state index in [-0.39, 0.29) is 6.04 Å². The van der Waals surface area contributed by atoms with Crippen LogP contribution in [0.15, 0.2) is 24.8 Å². The van der Waals surface area contributed by atoms with Gasteiger partial charge >= 0.3 is 0 Å². The first-order chi connectivity index (χ1) is 10.1. The fourth-order valence-corrected chi connectivity index (χ4v) is 2.45. The minimum atomic E-state index is 0.158. The Hall–Kier alpha value is -1.82. The van der Waals surface area contributed by atoms with E-state index in [2.05, 4.69) is 47.3 Å². The monoisotopic (exact) mass is 290 g/mol. The number of likely N-dealkylation sites (N-methyl/N-ethyl adjacent to an activating group) is 1. The van der Waals surface area contributed by atoms with E-state index < -0.39 is 0 Å². The number of nitrogens with one attached hydrogen (secondary N) is 1. The van der Waals surface area contributed by atoms with Gasteiger partial charge in [-0.25, -0.2) is 4.98 Å². The molecule has 0 aliphatic carbocycles.